The van der Waals surface area contributed by atoms with Crippen molar-refractivity contribution in [3.8, 4) is 0 Å². The highest BCUT2D eigenvalue weighted by atomic mass is 16.6. The van der Waals surface area contributed by atoms with Crippen LogP contribution >= 0.6 is 0 Å². The number of carbonyl (C=O) groups excluding carboxylic acids is 1. The molecule has 2 rings (SSSR count). The van der Waals surface area contributed by atoms with E-state index in [1.54, 1.807) is 6.08 Å². The van der Waals surface area contributed by atoms with E-state index < -0.39 is 30.2 Å². The Kier molecular flexibility index (Phi) is 3.92. The van der Waals surface area contributed by atoms with Crippen molar-refractivity contribution in [2.45, 2.75) is 44.5 Å². The molecule has 1 saturated heterocycles. The largest absolute Gasteiger partial charge is 0.458 e. The van der Waals surface area contributed by atoms with E-state index in [9.17, 15) is 15.0 Å². The van der Waals surface area contributed by atoms with E-state index in [4.69, 9.17) is 4.74 Å². The Balaban J connectivity index is 2.33. The standard InChI is InChI=1S/C15H20O4/c1-8-4-5-11(16)9(2)7-13-14(12(17)6-8)10(3)15(18)19-13/h6,11-14,16-17H,2-5,7H2,1H3. The highest BCUT2D eigenvalue weighted by Crippen LogP contribution is 2.35. The maximum absolute atomic E-state index is 11.6. The number of hydrogen-bond donors (Lipinski definition) is 2. The van der Waals surface area contributed by atoms with Gasteiger partial charge in [-0.05, 0) is 25.3 Å². The number of hydrogen-bond acceptors (Lipinski definition) is 4. The van der Waals surface area contributed by atoms with Crippen LogP contribution in [0, 0.1) is 5.92 Å². The maximum Gasteiger partial charge on any atom is 0.334 e. The fourth-order valence-electron chi connectivity index (χ4n) is 2.68. The van der Waals surface area contributed by atoms with Gasteiger partial charge in [0.15, 0.2) is 0 Å². The third-order valence-corrected chi connectivity index (χ3v) is 3.89. The van der Waals surface area contributed by atoms with Crippen LogP contribution in [0.15, 0.2) is 36.0 Å². The van der Waals surface area contributed by atoms with Gasteiger partial charge in [0.1, 0.15) is 6.10 Å². The van der Waals surface area contributed by atoms with Crippen molar-refractivity contribution in [3.05, 3.63) is 36.0 Å². The van der Waals surface area contributed by atoms with E-state index in [0.29, 0.717) is 30.4 Å². The van der Waals surface area contributed by atoms with Crippen LogP contribution < -0.4 is 0 Å². The minimum atomic E-state index is -0.785. The summed E-state index contributed by atoms with van der Waals surface area (Å²) in [4.78, 5) is 11.6. The number of allylic oxidation sites excluding steroid dienone is 1. The highest BCUT2D eigenvalue weighted by Gasteiger charge is 2.42. The summed E-state index contributed by atoms with van der Waals surface area (Å²) >= 11 is 0. The molecule has 4 nitrogen and oxygen atoms in total. The maximum atomic E-state index is 11.6. The van der Waals surface area contributed by atoms with Gasteiger partial charge in [0.25, 0.3) is 0 Å². The number of aliphatic hydroxyl groups excluding tert-OH is 2. The molecular weight excluding hydrogens is 244 g/mol. The van der Waals surface area contributed by atoms with Gasteiger partial charge in [0.2, 0.25) is 0 Å². The van der Waals surface area contributed by atoms with Crippen molar-refractivity contribution in [3.63, 3.8) is 0 Å². The van der Waals surface area contributed by atoms with Gasteiger partial charge in [0.05, 0.1) is 18.1 Å². The molecule has 2 N–H and O–H groups in total. The Hall–Kier alpha value is -1.39. The molecule has 1 heterocycles. The van der Waals surface area contributed by atoms with Gasteiger partial charge in [-0.25, -0.2) is 4.79 Å². The second-order valence-electron chi connectivity index (χ2n) is 5.42. The van der Waals surface area contributed by atoms with Gasteiger partial charge in [0, 0.05) is 12.0 Å². The van der Waals surface area contributed by atoms with Crippen LogP contribution in [0.1, 0.15) is 26.2 Å². The summed E-state index contributed by atoms with van der Waals surface area (Å²) in [5.41, 5.74) is 1.91. The summed E-state index contributed by atoms with van der Waals surface area (Å²) in [7, 11) is 0. The molecule has 4 atom stereocenters. The lowest BCUT2D eigenvalue weighted by Crippen LogP contribution is -2.30. The Morgan fingerprint density at radius 2 is 2.05 bits per heavy atom. The zero-order valence-electron chi connectivity index (χ0n) is 11.1. The van der Waals surface area contributed by atoms with Crippen molar-refractivity contribution in [2.75, 3.05) is 0 Å². The Morgan fingerprint density at radius 3 is 2.74 bits per heavy atom. The average Bonchev–Trinajstić information content (AvgIpc) is 2.60. The first-order valence-corrected chi connectivity index (χ1v) is 6.51. The molecule has 4 heteroatoms. The number of aliphatic hydroxyl groups is 2. The number of rotatable bonds is 0. The molecule has 1 aliphatic carbocycles. The summed E-state index contributed by atoms with van der Waals surface area (Å²) in [6, 6.07) is 0. The third-order valence-electron chi connectivity index (χ3n) is 3.89. The van der Waals surface area contributed by atoms with Gasteiger partial charge < -0.3 is 14.9 Å². The molecule has 4 unspecified atom stereocenters. The van der Waals surface area contributed by atoms with Gasteiger partial charge in [-0.15, -0.1) is 0 Å². The van der Waals surface area contributed by atoms with Gasteiger partial charge in [-0.1, -0.05) is 24.8 Å². The van der Waals surface area contributed by atoms with E-state index in [0.717, 1.165) is 5.57 Å². The molecule has 0 aromatic carbocycles. The van der Waals surface area contributed by atoms with Crippen molar-refractivity contribution in [1.82, 2.24) is 0 Å². The number of carbonyl (C=O) groups is 1. The van der Waals surface area contributed by atoms with Crippen LogP contribution in [-0.4, -0.2) is 34.5 Å². The van der Waals surface area contributed by atoms with Crippen molar-refractivity contribution >= 4 is 5.97 Å². The predicted octanol–water partition coefficient (Wildman–Crippen LogP) is 1.49. The lowest BCUT2D eigenvalue weighted by molar-refractivity contribution is -0.139. The topological polar surface area (TPSA) is 66.8 Å². The van der Waals surface area contributed by atoms with E-state index in [-0.39, 0.29) is 0 Å². The summed E-state index contributed by atoms with van der Waals surface area (Å²) in [5, 5.41) is 20.2. The van der Waals surface area contributed by atoms with E-state index >= 15 is 0 Å². The number of ether oxygens (including phenoxy) is 1. The quantitative estimate of drug-likeness (QED) is 0.395. The van der Waals surface area contributed by atoms with E-state index in [1.165, 1.54) is 0 Å². The second kappa shape index (κ2) is 5.31. The monoisotopic (exact) mass is 264 g/mol. The Bertz CT molecular complexity index is 449. The Labute approximate surface area is 113 Å². The smallest absolute Gasteiger partial charge is 0.334 e. The first-order valence-electron chi connectivity index (χ1n) is 6.51. The van der Waals surface area contributed by atoms with Gasteiger partial charge in [-0.3, -0.25) is 0 Å². The SMILES string of the molecule is C=C1CC2OC(=O)C(=C)C2C(O)C=C(C)CCC1O. The van der Waals surface area contributed by atoms with Gasteiger partial charge in [-0.2, -0.15) is 0 Å². The molecule has 0 bridgehead atoms. The second-order valence-corrected chi connectivity index (χ2v) is 5.42. The molecule has 1 fully saturated rings. The van der Waals surface area contributed by atoms with E-state index in [2.05, 4.69) is 13.2 Å². The fraction of sp³-hybridized carbons (Fsp3) is 0.533. The first-order chi connectivity index (χ1) is 8.90. The molecule has 0 amide bonds. The zero-order chi connectivity index (χ0) is 14.2. The van der Waals surface area contributed by atoms with Crippen molar-refractivity contribution in [2.24, 2.45) is 5.92 Å². The van der Waals surface area contributed by atoms with Crippen LogP contribution in [0.3, 0.4) is 0 Å². The van der Waals surface area contributed by atoms with Crippen LogP contribution in [0.25, 0.3) is 0 Å². The molecule has 1 aliphatic heterocycles. The minimum Gasteiger partial charge on any atom is -0.458 e. The number of esters is 1. The van der Waals surface area contributed by atoms with Gasteiger partial charge >= 0.3 is 5.97 Å². The summed E-state index contributed by atoms with van der Waals surface area (Å²) < 4.78 is 5.23. The molecule has 0 radical (unpaired) electrons. The fourth-order valence-corrected chi connectivity index (χ4v) is 2.68. The Morgan fingerprint density at radius 1 is 1.37 bits per heavy atom. The molecule has 2 aliphatic rings. The summed E-state index contributed by atoms with van der Waals surface area (Å²) in [6.45, 7) is 9.47. The summed E-state index contributed by atoms with van der Waals surface area (Å²) in [5.74, 6) is -0.925. The lowest BCUT2D eigenvalue weighted by Gasteiger charge is -2.25. The molecular formula is C15H20O4. The molecule has 0 saturated carbocycles. The lowest BCUT2D eigenvalue weighted by atomic mass is 9.84. The third kappa shape index (κ3) is 2.80. The predicted molar refractivity (Wildman–Crippen MR) is 71.3 cm³/mol. The molecule has 104 valence electrons. The molecule has 0 spiro atoms. The minimum absolute atomic E-state index is 0.296. The van der Waals surface area contributed by atoms with Crippen molar-refractivity contribution < 1.29 is 19.7 Å². The summed E-state index contributed by atoms with van der Waals surface area (Å²) in [6.07, 6.45) is 1.47. The van der Waals surface area contributed by atoms with Crippen LogP contribution in [0.2, 0.25) is 0 Å². The van der Waals surface area contributed by atoms with E-state index in [1.807, 2.05) is 6.92 Å². The molecule has 0 aromatic heterocycles. The van der Waals surface area contributed by atoms with Crippen LogP contribution in [0.4, 0.5) is 0 Å². The number of fused-ring (bicyclic) bond motifs is 1. The van der Waals surface area contributed by atoms with Crippen LogP contribution in [-0.2, 0) is 9.53 Å². The normalized spacial score (nSPS) is 36.6. The first kappa shape index (κ1) is 14.0. The molecule has 0 aromatic rings. The average molecular weight is 264 g/mol. The van der Waals surface area contributed by atoms with Crippen molar-refractivity contribution in [1.29, 1.82) is 0 Å². The van der Waals surface area contributed by atoms with Crippen LogP contribution in [0.5, 0.6) is 0 Å². The zero-order valence-corrected chi connectivity index (χ0v) is 11.1. The molecule has 19 heavy (non-hydrogen) atoms. The highest BCUT2D eigenvalue weighted by molar-refractivity contribution is 5.91.